The van der Waals surface area contributed by atoms with Gasteiger partial charge in [-0.2, -0.15) is 13.2 Å². The zero-order chi connectivity index (χ0) is 15.2. The van der Waals surface area contributed by atoms with Gasteiger partial charge in [-0.25, -0.2) is 0 Å². The normalized spacial score (nSPS) is 20.4. The molecule has 0 radical (unpaired) electrons. The largest absolute Gasteiger partial charge is 0.400 e. The summed E-state index contributed by atoms with van der Waals surface area (Å²) in [5, 5.41) is 2.36. The summed E-state index contributed by atoms with van der Waals surface area (Å²) >= 11 is 0. The molecule has 0 aliphatic carbocycles. The highest BCUT2D eigenvalue weighted by Gasteiger charge is 2.46. The number of nitrogens with zero attached hydrogens (tertiary/aromatic N) is 1. The van der Waals surface area contributed by atoms with Crippen LogP contribution in [0.1, 0.15) is 33.6 Å². The van der Waals surface area contributed by atoms with Gasteiger partial charge in [-0.15, -0.1) is 0 Å². The molecule has 7 heteroatoms. The van der Waals surface area contributed by atoms with Crippen LogP contribution >= 0.6 is 0 Å². The Bertz CT molecular complexity index is 319. The quantitative estimate of drug-likeness (QED) is 0.841. The molecule has 0 saturated carbocycles. The minimum Gasteiger partial charge on any atom is -0.357 e. The number of amides is 2. The third-order valence-corrected chi connectivity index (χ3v) is 2.95. The third kappa shape index (κ3) is 4.40. The van der Waals surface area contributed by atoms with Gasteiger partial charge >= 0.3 is 6.18 Å². The Morgan fingerprint density at radius 2 is 1.84 bits per heavy atom. The fourth-order valence-corrected chi connectivity index (χ4v) is 1.86. The van der Waals surface area contributed by atoms with Crippen LogP contribution in [0.5, 0.6) is 0 Å². The Kier molecular flexibility index (Phi) is 6.86. The molecule has 1 rings (SSSR count). The summed E-state index contributed by atoms with van der Waals surface area (Å²) in [4.78, 5) is 24.1. The Balaban J connectivity index is 0.00000154. The molecule has 1 fully saturated rings. The summed E-state index contributed by atoms with van der Waals surface area (Å²) in [5.41, 5.74) is 0. The molecule has 0 aromatic carbocycles. The van der Waals surface area contributed by atoms with Crippen molar-refractivity contribution < 1.29 is 22.8 Å². The smallest absolute Gasteiger partial charge is 0.357 e. The average molecular weight is 282 g/mol. The summed E-state index contributed by atoms with van der Waals surface area (Å²) in [5.74, 6) is -3.50. The van der Waals surface area contributed by atoms with Crippen molar-refractivity contribution in [2.45, 2.75) is 45.8 Å². The zero-order valence-corrected chi connectivity index (χ0v) is 11.7. The summed E-state index contributed by atoms with van der Waals surface area (Å²) in [6.45, 7) is 5.03. The van der Waals surface area contributed by atoms with Gasteiger partial charge in [-0.3, -0.25) is 9.59 Å². The van der Waals surface area contributed by atoms with Crippen LogP contribution in [0.4, 0.5) is 13.2 Å². The van der Waals surface area contributed by atoms with Crippen molar-refractivity contribution in [2.75, 3.05) is 13.6 Å². The minimum absolute atomic E-state index is 0.206. The van der Waals surface area contributed by atoms with Gasteiger partial charge in [0.25, 0.3) is 0 Å². The van der Waals surface area contributed by atoms with Gasteiger partial charge in [0, 0.05) is 13.6 Å². The molecule has 19 heavy (non-hydrogen) atoms. The molecule has 0 spiro atoms. The molecule has 2 atom stereocenters. The molecular formula is C12H21F3N2O2. The van der Waals surface area contributed by atoms with Crippen molar-refractivity contribution >= 4 is 11.8 Å². The molecule has 2 amide bonds. The Morgan fingerprint density at radius 3 is 2.26 bits per heavy atom. The second kappa shape index (κ2) is 7.35. The SMILES string of the molecule is CC.CNC(=O)C1CCCN1C(=O)C(C)C(F)(F)F. The molecule has 1 heterocycles. The number of likely N-dealkylation sites (N-methyl/N-ethyl adjacent to an activating group) is 1. The van der Waals surface area contributed by atoms with E-state index in [9.17, 15) is 22.8 Å². The number of halogens is 3. The third-order valence-electron chi connectivity index (χ3n) is 2.95. The van der Waals surface area contributed by atoms with Crippen LogP contribution in [-0.4, -0.2) is 42.5 Å². The van der Waals surface area contributed by atoms with E-state index in [2.05, 4.69) is 5.32 Å². The maximum absolute atomic E-state index is 12.4. The first-order chi connectivity index (χ1) is 8.79. The molecule has 1 aliphatic heterocycles. The van der Waals surface area contributed by atoms with Gasteiger partial charge in [0.2, 0.25) is 11.8 Å². The number of likely N-dealkylation sites (tertiary alicyclic amines) is 1. The van der Waals surface area contributed by atoms with Gasteiger partial charge in [0.1, 0.15) is 12.0 Å². The first-order valence-corrected chi connectivity index (χ1v) is 6.37. The molecule has 1 aliphatic rings. The molecule has 0 aromatic rings. The summed E-state index contributed by atoms with van der Waals surface area (Å²) < 4.78 is 37.2. The van der Waals surface area contributed by atoms with Crippen LogP contribution in [0, 0.1) is 5.92 Å². The van der Waals surface area contributed by atoms with Crippen molar-refractivity contribution in [1.29, 1.82) is 0 Å². The molecule has 1 saturated heterocycles. The van der Waals surface area contributed by atoms with Crippen molar-refractivity contribution in [2.24, 2.45) is 5.92 Å². The molecule has 2 unspecified atom stereocenters. The molecule has 1 N–H and O–H groups in total. The van der Waals surface area contributed by atoms with Gasteiger partial charge in [0.15, 0.2) is 0 Å². The lowest BCUT2D eigenvalue weighted by Gasteiger charge is -2.27. The zero-order valence-electron chi connectivity index (χ0n) is 11.7. The predicted molar refractivity (Wildman–Crippen MR) is 65.4 cm³/mol. The van der Waals surface area contributed by atoms with Crippen LogP contribution in [0.15, 0.2) is 0 Å². The van der Waals surface area contributed by atoms with Crippen molar-refractivity contribution in [3.05, 3.63) is 0 Å². The van der Waals surface area contributed by atoms with Crippen LogP contribution < -0.4 is 5.32 Å². The molecule has 0 aromatic heterocycles. The maximum Gasteiger partial charge on any atom is 0.400 e. The summed E-state index contributed by atoms with van der Waals surface area (Å²) in [6.07, 6.45) is -3.60. The van der Waals surface area contributed by atoms with Crippen molar-refractivity contribution in [1.82, 2.24) is 10.2 Å². The summed E-state index contributed by atoms with van der Waals surface area (Å²) in [6, 6.07) is -0.766. The van der Waals surface area contributed by atoms with E-state index in [1.54, 1.807) is 0 Å². The van der Waals surface area contributed by atoms with Gasteiger partial charge < -0.3 is 10.2 Å². The second-order valence-corrected chi connectivity index (χ2v) is 4.07. The number of carbonyl (C=O) groups excluding carboxylic acids is 2. The van der Waals surface area contributed by atoms with Gasteiger partial charge in [-0.1, -0.05) is 13.8 Å². The van der Waals surface area contributed by atoms with E-state index in [-0.39, 0.29) is 6.54 Å². The van der Waals surface area contributed by atoms with Crippen molar-refractivity contribution in [3.8, 4) is 0 Å². The monoisotopic (exact) mass is 282 g/mol. The van der Waals surface area contributed by atoms with E-state index in [0.29, 0.717) is 12.8 Å². The van der Waals surface area contributed by atoms with Gasteiger partial charge in [0.05, 0.1) is 0 Å². The Labute approximate surface area is 111 Å². The highest BCUT2D eigenvalue weighted by Crippen LogP contribution is 2.30. The first-order valence-electron chi connectivity index (χ1n) is 6.37. The van der Waals surface area contributed by atoms with Gasteiger partial charge in [-0.05, 0) is 19.8 Å². The minimum atomic E-state index is -4.56. The predicted octanol–water partition coefficient (Wildman–Crippen LogP) is 1.95. The highest BCUT2D eigenvalue weighted by molar-refractivity contribution is 5.89. The average Bonchev–Trinajstić information content (AvgIpc) is 2.86. The van der Waals surface area contributed by atoms with Crippen LogP contribution in [0.3, 0.4) is 0 Å². The lowest BCUT2D eigenvalue weighted by molar-refractivity contribution is -0.186. The van der Waals surface area contributed by atoms with E-state index in [0.717, 1.165) is 11.8 Å². The van der Waals surface area contributed by atoms with Crippen LogP contribution in [-0.2, 0) is 9.59 Å². The van der Waals surface area contributed by atoms with Crippen LogP contribution in [0.2, 0.25) is 0 Å². The molecule has 0 bridgehead atoms. The Morgan fingerprint density at radius 1 is 1.32 bits per heavy atom. The van der Waals surface area contributed by atoms with E-state index in [1.807, 2.05) is 13.8 Å². The maximum atomic E-state index is 12.4. The first kappa shape index (κ1) is 17.7. The Hall–Kier alpha value is -1.27. The lowest BCUT2D eigenvalue weighted by Crippen LogP contribution is -2.48. The van der Waals surface area contributed by atoms with E-state index in [1.165, 1.54) is 7.05 Å². The number of hydrogen-bond acceptors (Lipinski definition) is 2. The standard InChI is InChI=1S/C10H15F3N2O2.C2H6/c1-6(10(11,12)13)9(17)15-5-3-4-7(15)8(16)14-2;1-2/h6-7H,3-5H2,1-2H3,(H,14,16);1-2H3. The lowest BCUT2D eigenvalue weighted by atomic mass is 10.1. The molecular weight excluding hydrogens is 261 g/mol. The number of nitrogens with one attached hydrogen (secondary N) is 1. The van der Waals surface area contributed by atoms with Crippen molar-refractivity contribution in [3.63, 3.8) is 0 Å². The number of rotatable bonds is 2. The van der Waals surface area contributed by atoms with E-state index < -0.39 is 30.0 Å². The fourth-order valence-electron chi connectivity index (χ4n) is 1.86. The number of alkyl halides is 3. The van der Waals surface area contributed by atoms with Crippen LogP contribution in [0.25, 0.3) is 0 Å². The van der Waals surface area contributed by atoms with E-state index in [4.69, 9.17) is 0 Å². The summed E-state index contributed by atoms with van der Waals surface area (Å²) in [7, 11) is 1.40. The highest BCUT2D eigenvalue weighted by atomic mass is 19.4. The fraction of sp³-hybridized carbons (Fsp3) is 0.833. The molecule has 112 valence electrons. The second-order valence-electron chi connectivity index (χ2n) is 4.07. The number of hydrogen-bond donors (Lipinski definition) is 1. The number of carbonyl (C=O) groups is 2. The molecule has 4 nitrogen and oxygen atoms in total. The van der Waals surface area contributed by atoms with E-state index >= 15 is 0 Å². The topological polar surface area (TPSA) is 49.4 Å².